The van der Waals surface area contributed by atoms with E-state index in [0.29, 0.717) is 23.6 Å². The first-order chi connectivity index (χ1) is 18.6. The van der Waals surface area contributed by atoms with E-state index in [0.717, 1.165) is 38.4 Å². The lowest BCUT2D eigenvalue weighted by molar-refractivity contribution is -0.141. The van der Waals surface area contributed by atoms with Crippen molar-refractivity contribution in [2.75, 3.05) is 23.7 Å². The first-order valence-electron chi connectivity index (χ1n) is 13.6. The van der Waals surface area contributed by atoms with Crippen LogP contribution >= 0.6 is 0 Å². The Labute approximate surface area is 231 Å². The number of halogens is 1. The molecule has 1 unspecified atom stereocenters. The van der Waals surface area contributed by atoms with E-state index >= 15 is 0 Å². The highest BCUT2D eigenvalue weighted by Gasteiger charge is 2.29. The van der Waals surface area contributed by atoms with E-state index in [9.17, 15) is 22.4 Å². The topological polar surface area (TPSA) is 96.0 Å². The number of hydrogen-bond donors (Lipinski definition) is 1. The number of benzene rings is 2. The van der Waals surface area contributed by atoms with Gasteiger partial charge in [-0.25, -0.2) is 12.8 Å². The largest absolute Gasteiger partial charge is 0.492 e. The van der Waals surface area contributed by atoms with Crippen molar-refractivity contribution >= 4 is 27.5 Å². The molecule has 0 saturated heterocycles. The molecule has 1 aliphatic rings. The van der Waals surface area contributed by atoms with E-state index in [-0.39, 0.29) is 49.6 Å². The highest BCUT2D eigenvalue weighted by Crippen LogP contribution is 2.30. The van der Waals surface area contributed by atoms with Crippen molar-refractivity contribution in [2.45, 2.75) is 77.4 Å². The van der Waals surface area contributed by atoms with Crippen LogP contribution in [0.25, 0.3) is 0 Å². The molecule has 1 atom stereocenters. The lowest BCUT2D eigenvalue weighted by Gasteiger charge is -2.31. The van der Waals surface area contributed by atoms with Crippen LogP contribution in [-0.2, 0) is 26.2 Å². The molecule has 0 aliphatic heterocycles. The molecule has 214 valence electrons. The number of hydrogen-bond acceptors (Lipinski definition) is 5. The third kappa shape index (κ3) is 8.95. The number of nitrogens with zero attached hydrogens (tertiary/aromatic N) is 2. The van der Waals surface area contributed by atoms with E-state index < -0.39 is 16.1 Å². The van der Waals surface area contributed by atoms with Crippen molar-refractivity contribution in [2.24, 2.45) is 0 Å². The van der Waals surface area contributed by atoms with Gasteiger partial charge in [-0.15, -0.1) is 0 Å². The van der Waals surface area contributed by atoms with E-state index in [2.05, 4.69) is 5.32 Å². The van der Waals surface area contributed by atoms with Gasteiger partial charge in [0, 0.05) is 25.6 Å². The van der Waals surface area contributed by atoms with Crippen LogP contribution in [-0.4, -0.2) is 56.6 Å². The molecule has 1 aliphatic carbocycles. The zero-order valence-corrected chi connectivity index (χ0v) is 23.9. The molecule has 0 aromatic heterocycles. The second-order valence-corrected chi connectivity index (χ2v) is 11.9. The van der Waals surface area contributed by atoms with Gasteiger partial charge in [0.2, 0.25) is 21.8 Å². The lowest BCUT2D eigenvalue weighted by atomic mass is 9.95. The van der Waals surface area contributed by atoms with Gasteiger partial charge in [0.1, 0.15) is 17.6 Å². The highest BCUT2D eigenvalue weighted by atomic mass is 32.2. The number of carbonyl (C=O) groups is 2. The Hall–Kier alpha value is -3.14. The summed E-state index contributed by atoms with van der Waals surface area (Å²) in [6.07, 6.45) is 6.55. The summed E-state index contributed by atoms with van der Waals surface area (Å²) in [5.74, 6) is -0.437. The molecular weight excluding hydrogens is 521 g/mol. The highest BCUT2D eigenvalue weighted by molar-refractivity contribution is 7.92. The van der Waals surface area contributed by atoms with Gasteiger partial charge >= 0.3 is 0 Å². The molecular formula is C29H40FN3O5S. The van der Waals surface area contributed by atoms with E-state index in [1.54, 1.807) is 43.3 Å². The second kappa shape index (κ2) is 14.3. The monoisotopic (exact) mass is 561 g/mol. The molecule has 0 bridgehead atoms. The SMILES string of the molecule is CCOc1ccccc1N(CCCC(=O)N(Cc1ccc(F)cc1)C(C)C(=O)NC1CCCCC1)S(C)(=O)=O. The van der Waals surface area contributed by atoms with Crippen LogP contribution in [0.4, 0.5) is 10.1 Å². The van der Waals surface area contributed by atoms with Crippen molar-refractivity contribution < 1.29 is 27.1 Å². The molecule has 0 radical (unpaired) electrons. The van der Waals surface area contributed by atoms with Crippen molar-refractivity contribution in [1.29, 1.82) is 0 Å². The molecule has 3 rings (SSSR count). The van der Waals surface area contributed by atoms with E-state index in [1.165, 1.54) is 21.3 Å². The minimum Gasteiger partial charge on any atom is -0.492 e. The molecule has 0 spiro atoms. The zero-order chi connectivity index (χ0) is 28.4. The predicted molar refractivity (Wildman–Crippen MR) is 150 cm³/mol. The van der Waals surface area contributed by atoms with Gasteiger partial charge in [0.15, 0.2) is 0 Å². The number of rotatable bonds is 13. The van der Waals surface area contributed by atoms with Gasteiger partial charge in [-0.1, -0.05) is 43.5 Å². The molecule has 1 N–H and O–H groups in total. The van der Waals surface area contributed by atoms with Gasteiger partial charge in [0.05, 0.1) is 18.6 Å². The summed E-state index contributed by atoms with van der Waals surface area (Å²) in [6.45, 7) is 4.11. The van der Waals surface area contributed by atoms with E-state index in [1.807, 2.05) is 6.92 Å². The van der Waals surface area contributed by atoms with Gasteiger partial charge in [-0.3, -0.25) is 13.9 Å². The maximum atomic E-state index is 13.5. The quantitative estimate of drug-likeness (QED) is 0.385. The van der Waals surface area contributed by atoms with Crippen molar-refractivity contribution in [1.82, 2.24) is 10.2 Å². The molecule has 2 aromatic carbocycles. The van der Waals surface area contributed by atoms with Gasteiger partial charge < -0.3 is 15.0 Å². The number of anilines is 1. The minimum atomic E-state index is -3.65. The Morgan fingerprint density at radius 2 is 1.74 bits per heavy atom. The van der Waals surface area contributed by atoms with Crippen LogP contribution in [0.5, 0.6) is 5.75 Å². The minimum absolute atomic E-state index is 0.0328. The fourth-order valence-electron chi connectivity index (χ4n) is 4.86. The third-order valence-electron chi connectivity index (χ3n) is 6.97. The maximum absolute atomic E-state index is 13.5. The first-order valence-corrected chi connectivity index (χ1v) is 15.5. The third-order valence-corrected chi connectivity index (χ3v) is 8.15. The molecule has 1 fully saturated rings. The zero-order valence-electron chi connectivity index (χ0n) is 23.1. The molecule has 8 nitrogen and oxygen atoms in total. The van der Waals surface area contributed by atoms with Crippen LogP contribution in [0.1, 0.15) is 64.4 Å². The number of amides is 2. The predicted octanol–water partition coefficient (Wildman–Crippen LogP) is 4.64. The van der Waals surface area contributed by atoms with Crippen molar-refractivity contribution in [3.8, 4) is 5.75 Å². The smallest absolute Gasteiger partial charge is 0.242 e. The molecule has 39 heavy (non-hydrogen) atoms. The Balaban J connectivity index is 1.73. The summed E-state index contributed by atoms with van der Waals surface area (Å²) in [5, 5.41) is 3.09. The van der Waals surface area contributed by atoms with E-state index in [4.69, 9.17) is 4.74 Å². The summed E-state index contributed by atoms with van der Waals surface area (Å²) in [6, 6.07) is 12.1. The summed E-state index contributed by atoms with van der Waals surface area (Å²) in [5.41, 5.74) is 1.11. The van der Waals surface area contributed by atoms with Crippen LogP contribution in [0.2, 0.25) is 0 Å². The lowest BCUT2D eigenvalue weighted by Crippen LogP contribution is -2.50. The molecule has 2 amide bonds. The number of carbonyl (C=O) groups excluding carboxylic acids is 2. The summed E-state index contributed by atoms with van der Waals surface area (Å²) in [4.78, 5) is 28.1. The Kier molecular flexibility index (Phi) is 11.2. The van der Waals surface area contributed by atoms with Gasteiger partial charge in [-0.2, -0.15) is 0 Å². The Morgan fingerprint density at radius 3 is 2.38 bits per heavy atom. The molecule has 1 saturated carbocycles. The normalized spacial score (nSPS) is 14.9. The van der Waals surface area contributed by atoms with Crippen LogP contribution in [0.3, 0.4) is 0 Å². The fourth-order valence-corrected chi connectivity index (χ4v) is 5.83. The van der Waals surface area contributed by atoms with Gasteiger partial charge in [-0.05, 0) is 62.9 Å². The summed E-state index contributed by atoms with van der Waals surface area (Å²) >= 11 is 0. The average molecular weight is 562 g/mol. The number of nitrogens with one attached hydrogen (secondary N) is 1. The van der Waals surface area contributed by atoms with Crippen LogP contribution in [0.15, 0.2) is 48.5 Å². The van der Waals surface area contributed by atoms with Crippen molar-refractivity contribution in [3.63, 3.8) is 0 Å². The standard InChI is InChI=1S/C29H40FN3O5S/c1-4-38-27-14-9-8-13-26(27)33(39(3,36)37)20-10-15-28(34)32(21-23-16-18-24(30)19-17-23)22(2)29(35)31-25-11-6-5-7-12-25/h8-9,13-14,16-19,22,25H,4-7,10-12,15,20-21H2,1-3H3,(H,31,35). The number of para-hydroxylation sites is 2. The first kappa shape index (κ1) is 30.4. The Bertz CT molecular complexity index is 1200. The number of ether oxygens (including phenoxy) is 1. The average Bonchev–Trinajstić information content (AvgIpc) is 2.91. The second-order valence-electron chi connectivity index (χ2n) is 10.0. The molecule has 0 heterocycles. The Morgan fingerprint density at radius 1 is 1.08 bits per heavy atom. The van der Waals surface area contributed by atoms with Crippen LogP contribution in [0, 0.1) is 5.82 Å². The fraction of sp³-hybridized carbons (Fsp3) is 0.517. The number of sulfonamides is 1. The molecule has 10 heteroatoms. The molecule has 2 aromatic rings. The van der Waals surface area contributed by atoms with Crippen molar-refractivity contribution in [3.05, 3.63) is 59.9 Å². The maximum Gasteiger partial charge on any atom is 0.242 e. The summed E-state index contributed by atoms with van der Waals surface area (Å²) in [7, 11) is -3.65. The van der Waals surface area contributed by atoms with Gasteiger partial charge in [0.25, 0.3) is 0 Å². The summed E-state index contributed by atoms with van der Waals surface area (Å²) < 4.78 is 45.6. The van der Waals surface area contributed by atoms with Crippen LogP contribution < -0.4 is 14.4 Å².